The van der Waals surface area contributed by atoms with Crippen molar-refractivity contribution in [3.8, 4) is 5.88 Å². The van der Waals surface area contributed by atoms with Crippen LogP contribution in [0.25, 0.3) is 11.0 Å². The highest BCUT2D eigenvalue weighted by molar-refractivity contribution is 7.91. The van der Waals surface area contributed by atoms with Gasteiger partial charge in [-0.25, -0.2) is 22.8 Å². The van der Waals surface area contributed by atoms with Crippen LogP contribution in [-0.2, 0) is 40.4 Å². The molecule has 4 aliphatic rings. The zero-order valence-electron chi connectivity index (χ0n) is 31.1. The van der Waals surface area contributed by atoms with Crippen LogP contribution < -0.4 is 14.8 Å². The van der Waals surface area contributed by atoms with Crippen molar-refractivity contribution >= 4 is 44.7 Å². The molecule has 13 nitrogen and oxygen atoms in total. The number of carbonyl (C=O) groups excluding carboxylic acids is 4. The normalized spacial score (nSPS) is 28.1. The van der Waals surface area contributed by atoms with E-state index in [-0.39, 0.29) is 37.2 Å². The predicted molar refractivity (Wildman–Crippen MR) is 193 cm³/mol. The van der Waals surface area contributed by atoms with Crippen molar-refractivity contribution in [3.63, 3.8) is 0 Å². The Bertz CT molecular complexity index is 1930. The summed E-state index contributed by atoms with van der Waals surface area (Å²) in [7, 11) is -4.00. The van der Waals surface area contributed by atoms with Gasteiger partial charge in [0, 0.05) is 24.3 Å². The fourth-order valence-electron chi connectivity index (χ4n) is 7.19. The van der Waals surface area contributed by atoms with Gasteiger partial charge in [-0.15, -0.1) is 0 Å². The Morgan fingerprint density at radius 1 is 1.11 bits per heavy atom. The molecule has 2 aliphatic carbocycles. The summed E-state index contributed by atoms with van der Waals surface area (Å²) in [5, 5.41) is 2.87. The molecular formula is C38H50FN5O8S. The number of carbonyl (C=O) groups is 4. The molecule has 0 spiro atoms. The van der Waals surface area contributed by atoms with Gasteiger partial charge in [0.2, 0.25) is 27.7 Å². The predicted octanol–water partition coefficient (Wildman–Crippen LogP) is 4.42. The van der Waals surface area contributed by atoms with Gasteiger partial charge >= 0.3 is 5.97 Å². The summed E-state index contributed by atoms with van der Waals surface area (Å²) in [6.07, 6.45) is 7.70. The number of nitrogens with zero attached hydrogens (tertiary/aromatic N) is 3. The number of halogens is 1. The number of sulfonamides is 1. The summed E-state index contributed by atoms with van der Waals surface area (Å²) in [5.74, 6) is -3.97. The van der Waals surface area contributed by atoms with Gasteiger partial charge in [0.25, 0.3) is 5.91 Å². The number of nitrogens with one attached hydrogen (secondary N) is 2. The molecule has 6 rings (SSSR count). The fraction of sp³-hybridized carbons (Fsp3) is 0.632. The third kappa shape index (κ3) is 8.49. The third-order valence-electron chi connectivity index (χ3n) is 10.7. The molecule has 3 heterocycles. The first kappa shape index (κ1) is 38.6. The molecule has 5 atom stereocenters. The molecule has 2 saturated carbocycles. The maximum Gasteiger partial charge on any atom is 0.307 e. The minimum atomic E-state index is -4.00. The van der Waals surface area contributed by atoms with E-state index in [0.717, 1.165) is 12.8 Å². The molecule has 15 heteroatoms. The topological polar surface area (TPSA) is 174 Å². The minimum Gasteiger partial charge on any atom is -0.471 e. The van der Waals surface area contributed by atoms with Gasteiger partial charge in [-0.2, -0.15) is 0 Å². The van der Waals surface area contributed by atoms with E-state index in [4.69, 9.17) is 9.47 Å². The first-order valence-electron chi connectivity index (χ1n) is 18.6. The molecule has 3 fully saturated rings. The van der Waals surface area contributed by atoms with Gasteiger partial charge in [0.05, 0.1) is 28.7 Å². The lowest BCUT2D eigenvalue weighted by molar-refractivity contribution is -0.159. The maximum atomic E-state index is 14.5. The standard InChI is InChI=1S/C38H50FN5O8S/c1-6-27-33(41-29-19-25(39)14-15-28(29)40-27)51-26-20-30-32(46)42-38(35(48)43-53(49,50)37(5)16-17-37)21-24(38)13-11-9-7-8-10-12-23(34(47)44(30)22-26)18-31(45)52-36(2,3)4/h11,13-15,19,23-24,26,30H,6-10,12,16-18,20-22H2,1-5H3,(H,42,46)(H,43,48)/b13-11-/t23-,24-,26-,30+,38-/m1/s1. The van der Waals surface area contributed by atoms with Crippen LogP contribution in [0.1, 0.15) is 105 Å². The number of esters is 1. The number of rotatable bonds is 8. The summed E-state index contributed by atoms with van der Waals surface area (Å²) in [6.45, 7) is 8.67. The zero-order chi connectivity index (χ0) is 38.3. The molecule has 53 heavy (non-hydrogen) atoms. The van der Waals surface area contributed by atoms with Crippen LogP contribution in [0.2, 0.25) is 0 Å². The number of ether oxygens (including phenoxy) is 2. The van der Waals surface area contributed by atoms with Gasteiger partial charge in [0.1, 0.15) is 34.8 Å². The average molecular weight is 756 g/mol. The van der Waals surface area contributed by atoms with Crippen LogP contribution in [0, 0.1) is 17.7 Å². The molecule has 0 unspecified atom stereocenters. The van der Waals surface area contributed by atoms with Crippen LogP contribution in [0.5, 0.6) is 5.88 Å². The van der Waals surface area contributed by atoms with Crippen molar-refractivity contribution < 1.29 is 41.5 Å². The molecular weight excluding hydrogens is 706 g/mol. The Labute approximate surface area is 309 Å². The Hall–Kier alpha value is -4.14. The van der Waals surface area contributed by atoms with Gasteiger partial charge in [0.15, 0.2) is 0 Å². The summed E-state index contributed by atoms with van der Waals surface area (Å²) in [5.41, 5.74) is -1.00. The number of fused-ring (bicyclic) bond motifs is 3. The summed E-state index contributed by atoms with van der Waals surface area (Å²) < 4.78 is 53.5. The van der Waals surface area contributed by atoms with Gasteiger partial charge < -0.3 is 19.7 Å². The van der Waals surface area contributed by atoms with Crippen molar-refractivity contribution in [1.82, 2.24) is 24.9 Å². The number of hydrogen-bond donors (Lipinski definition) is 2. The monoisotopic (exact) mass is 755 g/mol. The van der Waals surface area contributed by atoms with Crippen molar-refractivity contribution in [3.05, 3.63) is 41.9 Å². The summed E-state index contributed by atoms with van der Waals surface area (Å²) in [4.78, 5) is 66.3. The number of benzene rings is 1. The van der Waals surface area contributed by atoms with E-state index in [9.17, 15) is 32.0 Å². The lowest BCUT2D eigenvalue weighted by Crippen LogP contribution is -2.57. The van der Waals surface area contributed by atoms with E-state index in [1.54, 1.807) is 27.7 Å². The lowest BCUT2D eigenvalue weighted by Gasteiger charge is -2.30. The number of amides is 3. The quantitative estimate of drug-likeness (QED) is 0.290. The Balaban J connectivity index is 1.32. The minimum absolute atomic E-state index is 0.0112. The van der Waals surface area contributed by atoms with Crippen LogP contribution in [0.4, 0.5) is 4.39 Å². The second kappa shape index (κ2) is 14.6. The Morgan fingerprint density at radius 3 is 2.57 bits per heavy atom. The highest BCUT2D eigenvalue weighted by Crippen LogP contribution is 2.47. The molecule has 2 aliphatic heterocycles. The molecule has 2 aromatic rings. The van der Waals surface area contributed by atoms with Crippen LogP contribution in [-0.4, -0.2) is 81.6 Å². The van der Waals surface area contributed by atoms with Gasteiger partial charge in [-0.1, -0.05) is 31.9 Å². The number of hydrogen-bond acceptors (Lipinski definition) is 10. The zero-order valence-corrected chi connectivity index (χ0v) is 31.9. The maximum absolute atomic E-state index is 14.5. The molecule has 288 valence electrons. The largest absolute Gasteiger partial charge is 0.471 e. The molecule has 3 amide bonds. The first-order valence-corrected chi connectivity index (χ1v) is 20.1. The second-order valence-electron chi connectivity index (χ2n) is 16.2. The molecule has 1 aromatic heterocycles. The van der Waals surface area contributed by atoms with Crippen molar-refractivity contribution in [2.24, 2.45) is 11.8 Å². The second-order valence-corrected chi connectivity index (χ2v) is 18.4. The van der Waals surface area contributed by atoms with E-state index in [1.807, 2.05) is 19.1 Å². The molecule has 0 bridgehead atoms. The van der Waals surface area contributed by atoms with E-state index in [1.165, 1.54) is 23.1 Å². The number of aromatic nitrogens is 2. The number of aryl methyl sites for hydroxylation is 1. The van der Waals surface area contributed by atoms with E-state index >= 15 is 0 Å². The SMILES string of the molecule is CCc1nc2ccc(F)cc2nc1O[C@@H]1C[C@H]2C(=O)N[C@]3(C(=O)NS(=O)(=O)C4(C)CC4)C[C@H]3/C=C\CCCCC[C@H](CC(=O)OC(C)(C)C)C(=O)N2C1. The first-order chi connectivity index (χ1) is 24.9. The summed E-state index contributed by atoms with van der Waals surface area (Å²) in [6, 6.07) is 2.96. The van der Waals surface area contributed by atoms with E-state index in [0.29, 0.717) is 49.7 Å². The molecule has 2 N–H and O–H groups in total. The molecule has 1 aromatic carbocycles. The summed E-state index contributed by atoms with van der Waals surface area (Å²) >= 11 is 0. The van der Waals surface area contributed by atoms with Crippen LogP contribution >= 0.6 is 0 Å². The fourth-order valence-corrected chi connectivity index (χ4v) is 8.51. The van der Waals surface area contributed by atoms with Crippen LogP contribution in [0.3, 0.4) is 0 Å². The third-order valence-corrected chi connectivity index (χ3v) is 12.9. The average Bonchev–Trinajstić information content (AvgIpc) is 3.95. The molecule has 1 saturated heterocycles. The smallest absolute Gasteiger partial charge is 0.307 e. The van der Waals surface area contributed by atoms with Crippen LogP contribution in [0.15, 0.2) is 30.4 Å². The van der Waals surface area contributed by atoms with Crippen molar-refractivity contribution in [2.75, 3.05) is 6.54 Å². The van der Waals surface area contributed by atoms with Crippen molar-refractivity contribution in [1.29, 1.82) is 0 Å². The van der Waals surface area contributed by atoms with E-state index < -0.39 is 79.4 Å². The van der Waals surface area contributed by atoms with Gasteiger partial charge in [-0.3, -0.25) is 23.9 Å². The Morgan fingerprint density at radius 2 is 1.87 bits per heavy atom. The number of allylic oxidation sites excluding steroid dienone is 1. The highest BCUT2D eigenvalue weighted by Gasteiger charge is 2.63. The van der Waals surface area contributed by atoms with E-state index in [2.05, 4.69) is 20.0 Å². The highest BCUT2D eigenvalue weighted by atomic mass is 32.2. The Kier molecular flexibility index (Phi) is 10.6. The molecule has 0 radical (unpaired) electrons. The van der Waals surface area contributed by atoms with Crippen molar-refractivity contribution in [2.45, 2.75) is 133 Å². The lowest BCUT2D eigenvalue weighted by atomic mass is 9.95. The van der Waals surface area contributed by atoms with Gasteiger partial charge in [-0.05, 0) is 84.8 Å².